The molecule has 0 bridgehead atoms. The Kier molecular flexibility index (Phi) is 4.28. The summed E-state index contributed by atoms with van der Waals surface area (Å²) in [4.78, 5) is 2.10. The van der Waals surface area contributed by atoms with Crippen LogP contribution in [0.15, 0.2) is 33.4 Å². The van der Waals surface area contributed by atoms with Gasteiger partial charge in [0.25, 0.3) is 0 Å². The number of nitriles is 1. The third-order valence-corrected chi connectivity index (χ3v) is 4.42. The molecule has 0 saturated carbocycles. The number of nitrogens with zero attached hydrogens (tertiary/aromatic N) is 2. The van der Waals surface area contributed by atoms with Crippen LogP contribution in [-0.2, 0) is 6.54 Å². The minimum absolute atomic E-state index is 0.494. The fraction of sp³-hybridized carbons (Fsp3) is 0.154. The van der Waals surface area contributed by atoms with Gasteiger partial charge in [-0.2, -0.15) is 5.26 Å². The molecule has 0 fully saturated rings. The van der Waals surface area contributed by atoms with Crippen molar-refractivity contribution in [1.29, 1.82) is 5.26 Å². The number of halogens is 2. The fourth-order valence-corrected chi connectivity index (χ4v) is 3.04. The second-order valence-electron chi connectivity index (χ2n) is 3.89. The first kappa shape index (κ1) is 13.4. The number of hydrogen-bond donors (Lipinski definition) is 0. The van der Waals surface area contributed by atoms with Crippen LogP contribution >= 0.6 is 38.9 Å². The molecule has 92 valence electrons. The molecule has 0 aliphatic heterocycles. The summed E-state index contributed by atoms with van der Waals surface area (Å²) in [5.74, 6) is 0. The molecule has 1 heterocycles. The van der Waals surface area contributed by atoms with Crippen molar-refractivity contribution in [3.8, 4) is 6.07 Å². The van der Waals surface area contributed by atoms with Crippen LogP contribution in [0.2, 0.25) is 5.02 Å². The van der Waals surface area contributed by atoms with Gasteiger partial charge in [-0.1, -0.05) is 11.6 Å². The number of rotatable bonds is 3. The standard InChI is InChI=1S/C13H10BrClN2S/c1-17(7-9-4-13(14)18-8-9)11-3-2-10(6-16)12(15)5-11/h2-5,8H,7H2,1H3. The lowest BCUT2D eigenvalue weighted by atomic mass is 10.2. The molecule has 2 aromatic rings. The van der Waals surface area contributed by atoms with E-state index in [2.05, 4.69) is 38.3 Å². The molecule has 0 unspecified atom stereocenters. The maximum atomic E-state index is 8.83. The van der Waals surface area contributed by atoms with E-state index in [1.54, 1.807) is 17.4 Å². The normalized spacial score (nSPS) is 10.1. The summed E-state index contributed by atoms with van der Waals surface area (Å²) in [6.07, 6.45) is 0. The number of benzene rings is 1. The molecule has 0 amide bonds. The molecule has 0 radical (unpaired) electrons. The molecular formula is C13H10BrClN2S. The quantitative estimate of drug-likeness (QED) is 0.811. The molecule has 18 heavy (non-hydrogen) atoms. The Labute approximate surface area is 124 Å². The second-order valence-corrected chi connectivity index (χ2v) is 6.59. The van der Waals surface area contributed by atoms with Gasteiger partial charge in [-0.05, 0) is 51.1 Å². The predicted octanol–water partition coefficient (Wildman–Crippen LogP) is 4.67. The molecule has 0 N–H and O–H groups in total. The van der Waals surface area contributed by atoms with Crippen LogP contribution < -0.4 is 4.90 Å². The van der Waals surface area contributed by atoms with Crippen molar-refractivity contribution in [3.63, 3.8) is 0 Å². The zero-order valence-electron chi connectivity index (χ0n) is 9.65. The number of hydrogen-bond acceptors (Lipinski definition) is 3. The van der Waals surface area contributed by atoms with Crippen molar-refractivity contribution in [1.82, 2.24) is 0 Å². The van der Waals surface area contributed by atoms with Gasteiger partial charge >= 0.3 is 0 Å². The van der Waals surface area contributed by atoms with E-state index in [0.717, 1.165) is 16.0 Å². The molecule has 0 spiro atoms. The maximum absolute atomic E-state index is 8.83. The van der Waals surface area contributed by atoms with E-state index in [1.807, 2.05) is 19.2 Å². The first-order chi connectivity index (χ1) is 8.60. The molecule has 1 aromatic heterocycles. The molecule has 2 nitrogen and oxygen atoms in total. The van der Waals surface area contributed by atoms with Crippen LogP contribution in [0.1, 0.15) is 11.1 Å². The van der Waals surface area contributed by atoms with Crippen LogP contribution in [0.5, 0.6) is 0 Å². The van der Waals surface area contributed by atoms with Crippen LogP contribution in [0, 0.1) is 11.3 Å². The third kappa shape index (κ3) is 3.05. The van der Waals surface area contributed by atoms with Crippen molar-refractivity contribution in [3.05, 3.63) is 49.6 Å². The highest BCUT2D eigenvalue weighted by Gasteiger charge is 2.07. The van der Waals surface area contributed by atoms with Gasteiger partial charge in [0.2, 0.25) is 0 Å². The molecule has 2 rings (SSSR count). The SMILES string of the molecule is CN(Cc1csc(Br)c1)c1ccc(C#N)c(Cl)c1. The minimum Gasteiger partial charge on any atom is -0.370 e. The lowest BCUT2D eigenvalue weighted by Gasteiger charge is -2.19. The van der Waals surface area contributed by atoms with Crippen molar-refractivity contribution in [2.75, 3.05) is 11.9 Å². The summed E-state index contributed by atoms with van der Waals surface area (Å²) >= 11 is 11.1. The van der Waals surface area contributed by atoms with Gasteiger partial charge in [-0.3, -0.25) is 0 Å². The van der Waals surface area contributed by atoms with Gasteiger partial charge in [-0.25, -0.2) is 0 Å². The first-order valence-corrected chi connectivity index (χ1v) is 7.29. The van der Waals surface area contributed by atoms with Crippen molar-refractivity contribution in [2.45, 2.75) is 6.54 Å². The van der Waals surface area contributed by atoms with Crippen molar-refractivity contribution >= 4 is 44.6 Å². The van der Waals surface area contributed by atoms with Crippen molar-refractivity contribution in [2.24, 2.45) is 0 Å². The van der Waals surface area contributed by atoms with Crippen LogP contribution in [0.4, 0.5) is 5.69 Å². The highest BCUT2D eigenvalue weighted by Crippen LogP contribution is 2.26. The Morgan fingerprint density at radius 3 is 2.78 bits per heavy atom. The summed E-state index contributed by atoms with van der Waals surface area (Å²) in [7, 11) is 2.00. The van der Waals surface area contributed by atoms with E-state index < -0.39 is 0 Å². The van der Waals surface area contributed by atoms with Crippen molar-refractivity contribution < 1.29 is 0 Å². The Morgan fingerprint density at radius 1 is 1.44 bits per heavy atom. The summed E-state index contributed by atoms with van der Waals surface area (Å²) < 4.78 is 1.13. The molecule has 0 atom stereocenters. The van der Waals surface area contributed by atoms with Gasteiger partial charge in [0.05, 0.1) is 14.4 Å². The van der Waals surface area contributed by atoms with E-state index in [1.165, 1.54) is 5.56 Å². The predicted molar refractivity (Wildman–Crippen MR) is 80.3 cm³/mol. The summed E-state index contributed by atoms with van der Waals surface area (Å²) in [5, 5.41) is 11.4. The van der Waals surface area contributed by atoms with E-state index in [-0.39, 0.29) is 0 Å². The lowest BCUT2D eigenvalue weighted by molar-refractivity contribution is 0.927. The molecule has 1 aromatic carbocycles. The Bertz CT molecular complexity index is 603. The molecule has 0 aliphatic rings. The Balaban J connectivity index is 2.16. The van der Waals surface area contributed by atoms with Gasteiger partial charge in [0.15, 0.2) is 0 Å². The van der Waals surface area contributed by atoms with Crippen LogP contribution in [0.3, 0.4) is 0 Å². The third-order valence-electron chi connectivity index (χ3n) is 2.56. The van der Waals surface area contributed by atoms with Gasteiger partial charge < -0.3 is 4.90 Å². The zero-order valence-corrected chi connectivity index (χ0v) is 12.8. The van der Waals surface area contributed by atoms with E-state index in [4.69, 9.17) is 16.9 Å². The Morgan fingerprint density at radius 2 is 2.22 bits per heavy atom. The topological polar surface area (TPSA) is 27.0 Å². The number of thiophene rings is 1. The average molecular weight is 342 g/mol. The number of anilines is 1. The van der Waals surface area contributed by atoms with E-state index in [9.17, 15) is 0 Å². The fourth-order valence-electron chi connectivity index (χ4n) is 1.63. The van der Waals surface area contributed by atoms with Crippen LogP contribution in [0.25, 0.3) is 0 Å². The van der Waals surface area contributed by atoms with Gasteiger partial charge in [0, 0.05) is 19.3 Å². The van der Waals surface area contributed by atoms with E-state index >= 15 is 0 Å². The summed E-state index contributed by atoms with van der Waals surface area (Å²) in [5.41, 5.74) is 2.75. The average Bonchev–Trinajstić information content (AvgIpc) is 2.74. The smallest absolute Gasteiger partial charge is 0.101 e. The highest BCUT2D eigenvalue weighted by molar-refractivity contribution is 9.11. The second kappa shape index (κ2) is 5.75. The van der Waals surface area contributed by atoms with E-state index in [0.29, 0.717) is 10.6 Å². The Hall–Kier alpha value is -1.02. The summed E-state index contributed by atoms with van der Waals surface area (Å²) in [6, 6.07) is 9.64. The largest absolute Gasteiger partial charge is 0.370 e. The molecule has 0 saturated heterocycles. The highest BCUT2D eigenvalue weighted by atomic mass is 79.9. The monoisotopic (exact) mass is 340 g/mol. The van der Waals surface area contributed by atoms with Gasteiger partial charge in [-0.15, -0.1) is 11.3 Å². The first-order valence-electron chi connectivity index (χ1n) is 5.24. The lowest BCUT2D eigenvalue weighted by Crippen LogP contribution is -2.15. The van der Waals surface area contributed by atoms with Gasteiger partial charge in [0.1, 0.15) is 6.07 Å². The molecule has 5 heteroatoms. The zero-order chi connectivity index (χ0) is 13.1. The van der Waals surface area contributed by atoms with Crippen LogP contribution in [-0.4, -0.2) is 7.05 Å². The summed E-state index contributed by atoms with van der Waals surface area (Å²) in [6.45, 7) is 0.810. The minimum atomic E-state index is 0.494. The molecule has 0 aliphatic carbocycles. The maximum Gasteiger partial charge on any atom is 0.101 e. The molecular weight excluding hydrogens is 332 g/mol.